The standard InChI is InChI=1S/C25H22ClN5O5S/c26-17-8-10-18(11-9-17)31(37(35,36)19-12-5-16(6-13-19)7-14-22(27)32)15-23(33)29-30-24-20-3-1-2-4-21(20)28-25(24)34/h1-6,8-13,28,34H,7,14-15H2,(H2,27,32). The molecule has 12 heteroatoms. The van der Waals surface area contributed by atoms with Gasteiger partial charge in [-0.15, -0.1) is 10.2 Å². The van der Waals surface area contributed by atoms with Crippen molar-refractivity contribution < 1.29 is 23.1 Å². The maximum Gasteiger partial charge on any atom is 0.285 e. The van der Waals surface area contributed by atoms with Crippen molar-refractivity contribution in [3.05, 3.63) is 83.4 Å². The van der Waals surface area contributed by atoms with Crippen LogP contribution in [0.2, 0.25) is 5.02 Å². The van der Waals surface area contributed by atoms with Gasteiger partial charge in [0, 0.05) is 16.8 Å². The number of fused-ring (bicyclic) bond motifs is 1. The van der Waals surface area contributed by atoms with Crippen molar-refractivity contribution in [2.24, 2.45) is 16.0 Å². The van der Waals surface area contributed by atoms with E-state index in [9.17, 15) is 23.1 Å². The number of sulfonamides is 1. The highest BCUT2D eigenvalue weighted by Crippen LogP contribution is 2.35. The van der Waals surface area contributed by atoms with E-state index in [4.69, 9.17) is 17.3 Å². The number of azo groups is 1. The number of aromatic nitrogens is 1. The van der Waals surface area contributed by atoms with Crippen molar-refractivity contribution in [3.63, 3.8) is 0 Å². The molecule has 0 spiro atoms. The summed E-state index contributed by atoms with van der Waals surface area (Å²) in [6, 6.07) is 18.8. The van der Waals surface area contributed by atoms with E-state index in [0.717, 1.165) is 9.87 Å². The van der Waals surface area contributed by atoms with Crippen molar-refractivity contribution in [1.82, 2.24) is 4.98 Å². The minimum atomic E-state index is -4.20. The fraction of sp³-hybridized carbons (Fsp3) is 0.120. The van der Waals surface area contributed by atoms with E-state index in [-0.39, 0.29) is 28.6 Å². The number of aromatic hydroxyl groups is 1. The molecule has 0 fully saturated rings. The number of nitrogens with two attached hydrogens (primary N) is 1. The van der Waals surface area contributed by atoms with Crippen LogP contribution in [-0.2, 0) is 26.0 Å². The van der Waals surface area contributed by atoms with Gasteiger partial charge in [0.05, 0.1) is 16.1 Å². The van der Waals surface area contributed by atoms with Crippen molar-refractivity contribution in [3.8, 4) is 5.88 Å². The molecule has 3 aromatic carbocycles. The molecule has 0 bridgehead atoms. The maximum atomic E-state index is 13.5. The number of amides is 2. The van der Waals surface area contributed by atoms with E-state index in [1.165, 1.54) is 36.4 Å². The zero-order valence-electron chi connectivity index (χ0n) is 19.3. The van der Waals surface area contributed by atoms with E-state index in [2.05, 4.69) is 15.2 Å². The average Bonchev–Trinajstić information content (AvgIpc) is 3.20. The molecule has 0 saturated heterocycles. The number of aromatic amines is 1. The second kappa shape index (κ2) is 10.8. The van der Waals surface area contributed by atoms with Gasteiger partial charge in [0.15, 0.2) is 5.69 Å². The number of halogens is 1. The summed E-state index contributed by atoms with van der Waals surface area (Å²) in [6.45, 7) is -0.653. The zero-order chi connectivity index (χ0) is 26.6. The quantitative estimate of drug-likeness (QED) is 0.268. The molecule has 4 N–H and O–H groups in total. The van der Waals surface area contributed by atoms with Gasteiger partial charge in [0.2, 0.25) is 11.8 Å². The number of aryl methyl sites for hydroxylation is 1. The van der Waals surface area contributed by atoms with Crippen molar-refractivity contribution in [2.45, 2.75) is 17.7 Å². The Morgan fingerprint density at radius 1 is 1.00 bits per heavy atom. The zero-order valence-corrected chi connectivity index (χ0v) is 20.9. The average molecular weight is 540 g/mol. The lowest BCUT2D eigenvalue weighted by atomic mass is 10.1. The molecule has 0 aliphatic heterocycles. The predicted molar refractivity (Wildman–Crippen MR) is 139 cm³/mol. The van der Waals surface area contributed by atoms with Gasteiger partial charge in [-0.1, -0.05) is 41.9 Å². The SMILES string of the molecule is NC(=O)CCc1ccc(S(=O)(=O)N(CC(=O)N=Nc2c(O)[nH]c3ccccc23)c2ccc(Cl)cc2)cc1. The number of hydrogen-bond acceptors (Lipinski definition) is 6. The lowest BCUT2D eigenvalue weighted by Crippen LogP contribution is -2.35. The van der Waals surface area contributed by atoms with Gasteiger partial charge in [-0.25, -0.2) is 8.42 Å². The molecule has 0 radical (unpaired) electrons. The van der Waals surface area contributed by atoms with Crippen LogP contribution in [-0.4, -0.2) is 36.9 Å². The molecule has 4 aromatic rings. The number of carbonyl (C=O) groups excluding carboxylic acids is 2. The molecule has 1 aromatic heterocycles. The lowest BCUT2D eigenvalue weighted by Gasteiger charge is -2.23. The number of primary amides is 1. The molecule has 4 rings (SSSR count). The number of nitrogens with one attached hydrogen (secondary N) is 1. The number of rotatable bonds is 9. The first-order valence-corrected chi connectivity index (χ1v) is 12.9. The molecule has 0 unspecified atom stereocenters. The van der Waals surface area contributed by atoms with Crippen molar-refractivity contribution in [2.75, 3.05) is 10.8 Å². The summed E-state index contributed by atoms with van der Waals surface area (Å²) in [5.74, 6) is -1.59. The van der Waals surface area contributed by atoms with Gasteiger partial charge in [-0.05, 0) is 54.4 Å². The number of benzene rings is 3. The number of para-hydroxylation sites is 1. The number of hydrogen-bond donors (Lipinski definition) is 3. The third-order valence-electron chi connectivity index (χ3n) is 5.49. The molecule has 10 nitrogen and oxygen atoms in total. The van der Waals surface area contributed by atoms with Crippen LogP contribution >= 0.6 is 11.6 Å². The fourth-order valence-corrected chi connectivity index (χ4v) is 5.16. The largest absolute Gasteiger partial charge is 0.493 e. The van der Waals surface area contributed by atoms with E-state index >= 15 is 0 Å². The monoisotopic (exact) mass is 539 g/mol. The third kappa shape index (κ3) is 5.96. The first kappa shape index (κ1) is 25.9. The predicted octanol–water partition coefficient (Wildman–Crippen LogP) is 4.45. The number of H-pyrrole nitrogens is 1. The first-order chi connectivity index (χ1) is 17.6. The van der Waals surface area contributed by atoms with Crippen LogP contribution in [0.3, 0.4) is 0 Å². The Labute approximate surface area is 217 Å². The molecule has 37 heavy (non-hydrogen) atoms. The van der Waals surface area contributed by atoms with Gasteiger partial charge in [-0.2, -0.15) is 0 Å². The molecular formula is C25H22ClN5O5S. The summed E-state index contributed by atoms with van der Waals surface area (Å²) >= 11 is 5.96. The molecule has 190 valence electrons. The Morgan fingerprint density at radius 3 is 2.35 bits per heavy atom. The molecule has 0 aliphatic carbocycles. The normalized spacial score (nSPS) is 11.7. The van der Waals surface area contributed by atoms with Crippen LogP contribution in [0.25, 0.3) is 10.9 Å². The van der Waals surface area contributed by atoms with E-state index < -0.39 is 28.4 Å². The highest BCUT2D eigenvalue weighted by Gasteiger charge is 2.27. The van der Waals surface area contributed by atoms with E-state index in [0.29, 0.717) is 22.3 Å². The highest BCUT2D eigenvalue weighted by atomic mass is 35.5. The summed E-state index contributed by atoms with van der Waals surface area (Å²) < 4.78 is 28.0. The lowest BCUT2D eigenvalue weighted by molar-refractivity contribution is -0.118. The van der Waals surface area contributed by atoms with Gasteiger partial charge < -0.3 is 15.8 Å². The topological polar surface area (TPSA) is 158 Å². The van der Waals surface area contributed by atoms with Gasteiger partial charge in [-0.3, -0.25) is 13.9 Å². The van der Waals surface area contributed by atoms with Crippen LogP contribution < -0.4 is 10.0 Å². The summed E-state index contributed by atoms with van der Waals surface area (Å²) in [5, 5.41) is 18.6. The summed E-state index contributed by atoms with van der Waals surface area (Å²) in [4.78, 5) is 26.5. The van der Waals surface area contributed by atoms with Crippen LogP contribution in [0, 0.1) is 0 Å². The molecular weight excluding hydrogens is 518 g/mol. The minimum Gasteiger partial charge on any atom is -0.493 e. The third-order valence-corrected chi connectivity index (χ3v) is 7.53. The van der Waals surface area contributed by atoms with Gasteiger partial charge in [0.25, 0.3) is 15.9 Å². The minimum absolute atomic E-state index is 0.0655. The second-order valence-corrected chi connectivity index (χ2v) is 10.4. The Hall–Kier alpha value is -4.22. The Kier molecular flexibility index (Phi) is 7.55. The maximum absolute atomic E-state index is 13.5. The summed E-state index contributed by atoms with van der Waals surface area (Å²) in [5.41, 5.74) is 6.78. The number of nitrogens with zero attached hydrogens (tertiary/aromatic N) is 3. The molecule has 1 heterocycles. The van der Waals surface area contributed by atoms with E-state index in [1.807, 2.05) is 0 Å². The number of anilines is 1. The number of carbonyl (C=O) groups is 2. The van der Waals surface area contributed by atoms with Crippen molar-refractivity contribution in [1.29, 1.82) is 0 Å². The molecule has 0 saturated carbocycles. The fourth-order valence-electron chi connectivity index (χ4n) is 3.62. The van der Waals surface area contributed by atoms with Crippen LogP contribution in [0.15, 0.2) is 87.9 Å². The van der Waals surface area contributed by atoms with Crippen LogP contribution in [0.5, 0.6) is 5.88 Å². The van der Waals surface area contributed by atoms with E-state index in [1.54, 1.807) is 36.4 Å². The molecule has 2 amide bonds. The Balaban J connectivity index is 1.62. The summed E-state index contributed by atoms with van der Waals surface area (Å²) in [6.07, 6.45) is 0.505. The Morgan fingerprint density at radius 2 is 1.68 bits per heavy atom. The Bertz CT molecular complexity index is 1580. The summed E-state index contributed by atoms with van der Waals surface area (Å²) in [7, 11) is -4.20. The van der Waals surface area contributed by atoms with Gasteiger partial charge >= 0.3 is 0 Å². The van der Waals surface area contributed by atoms with Crippen LogP contribution in [0.1, 0.15) is 12.0 Å². The smallest absolute Gasteiger partial charge is 0.285 e. The van der Waals surface area contributed by atoms with Crippen molar-refractivity contribution >= 4 is 55.7 Å². The van der Waals surface area contributed by atoms with Gasteiger partial charge in [0.1, 0.15) is 6.54 Å². The second-order valence-electron chi connectivity index (χ2n) is 8.06. The highest BCUT2D eigenvalue weighted by molar-refractivity contribution is 7.92. The first-order valence-electron chi connectivity index (χ1n) is 11.0. The van der Waals surface area contributed by atoms with Crippen LogP contribution in [0.4, 0.5) is 11.4 Å². The molecule has 0 atom stereocenters. The molecule has 0 aliphatic rings.